The zero-order chi connectivity index (χ0) is 13.5. The summed E-state index contributed by atoms with van der Waals surface area (Å²) in [6.45, 7) is 2.28. The van der Waals surface area contributed by atoms with Crippen molar-refractivity contribution in [1.29, 1.82) is 0 Å². The number of halogens is 1. The molecule has 0 rings (SSSR count). The molecule has 0 aromatic rings. The van der Waals surface area contributed by atoms with E-state index >= 15 is 0 Å². The van der Waals surface area contributed by atoms with Crippen LogP contribution in [0, 0.1) is 0 Å². The van der Waals surface area contributed by atoms with Crippen molar-refractivity contribution in [1.82, 2.24) is 0 Å². The van der Waals surface area contributed by atoms with Crippen molar-refractivity contribution in [3.63, 3.8) is 0 Å². The van der Waals surface area contributed by atoms with E-state index in [0.29, 0.717) is 4.32 Å². The molecule has 0 unspecified atom stereocenters. The summed E-state index contributed by atoms with van der Waals surface area (Å²) < 4.78 is 0.651. The van der Waals surface area contributed by atoms with Crippen LogP contribution < -0.4 is 0 Å². The summed E-state index contributed by atoms with van der Waals surface area (Å²) in [5, 5.41) is 0. The van der Waals surface area contributed by atoms with Gasteiger partial charge >= 0.3 is 0 Å². The fourth-order valence-corrected chi connectivity index (χ4v) is 2.56. The van der Waals surface area contributed by atoms with Gasteiger partial charge in [0.25, 0.3) is 0 Å². The van der Waals surface area contributed by atoms with E-state index in [4.69, 9.17) is 23.8 Å². The van der Waals surface area contributed by atoms with Crippen LogP contribution in [0.1, 0.15) is 96.8 Å². The average Bonchev–Trinajstić information content (AvgIpc) is 2.34. The topological polar surface area (TPSA) is 0 Å². The summed E-state index contributed by atoms with van der Waals surface area (Å²) >= 11 is 10.5. The maximum absolute atomic E-state index is 5.65. The lowest BCUT2D eigenvalue weighted by Gasteiger charge is -2.02. The van der Waals surface area contributed by atoms with Gasteiger partial charge in [0, 0.05) is 0 Å². The highest BCUT2D eigenvalue weighted by atomic mass is 35.5. The van der Waals surface area contributed by atoms with Crippen LogP contribution in [-0.2, 0) is 0 Å². The predicted molar refractivity (Wildman–Crippen MR) is 88.8 cm³/mol. The number of rotatable bonds is 14. The highest BCUT2D eigenvalue weighted by Gasteiger charge is 1.94. The van der Waals surface area contributed by atoms with Crippen molar-refractivity contribution in [2.24, 2.45) is 0 Å². The van der Waals surface area contributed by atoms with E-state index < -0.39 is 0 Å². The van der Waals surface area contributed by atoms with Crippen LogP contribution >= 0.6 is 23.8 Å². The minimum absolute atomic E-state index is 0.651. The molecule has 0 N–H and O–H groups in total. The van der Waals surface area contributed by atoms with E-state index in [1.54, 1.807) is 0 Å². The number of thiocarbonyl (C=S) groups is 1. The highest BCUT2D eigenvalue weighted by molar-refractivity contribution is 7.83. The van der Waals surface area contributed by atoms with Gasteiger partial charge in [0.1, 0.15) is 0 Å². The Bertz CT molecular complexity index is 180. The van der Waals surface area contributed by atoms with Crippen LogP contribution in [0.25, 0.3) is 0 Å². The van der Waals surface area contributed by atoms with E-state index in [9.17, 15) is 0 Å². The zero-order valence-corrected chi connectivity index (χ0v) is 13.8. The van der Waals surface area contributed by atoms with Gasteiger partial charge in [-0.25, -0.2) is 0 Å². The Labute approximate surface area is 125 Å². The van der Waals surface area contributed by atoms with Crippen LogP contribution in [0.4, 0.5) is 0 Å². The van der Waals surface area contributed by atoms with Gasteiger partial charge < -0.3 is 0 Å². The van der Waals surface area contributed by atoms with E-state index in [1.807, 2.05) is 0 Å². The quantitative estimate of drug-likeness (QED) is 0.188. The number of hydrogen-bond donors (Lipinski definition) is 0. The molecule has 0 aromatic heterocycles. The summed E-state index contributed by atoms with van der Waals surface area (Å²) in [7, 11) is 0. The lowest BCUT2D eigenvalue weighted by Crippen LogP contribution is -1.85. The average molecular weight is 291 g/mol. The lowest BCUT2D eigenvalue weighted by molar-refractivity contribution is 0.541. The predicted octanol–water partition coefficient (Wildman–Crippen LogP) is 7.03. The Balaban J connectivity index is 2.92. The standard InChI is InChI=1S/C16H31ClS/c1-2-3-4-5-6-7-8-9-10-11-12-13-14-15-16(17)18/h2-15H2,1H3. The van der Waals surface area contributed by atoms with Gasteiger partial charge in [-0.1, -0.05) is 108 Å². The molecule has 0 bridgehead atoms. The van der Waals surface area contributed by atoms with Gasteiger partial charge in [-0.15, -0.1) is 0 Å². The fraction of sp³-hybridized carbons (Fsp3) is 0.938. The molecule has 108 valence electrons. The first kappa shape index (κ1) is 18.4. The van der Waals surface area contributed by atoms with Crippen molar-refractivity contribution in [2.45, 2.75) is 96.8 Å². The summed E-state index contributed by atoms with van der Waals surface area (Å²) in [6, 6.07) is 0. The van der Waals surface area contributed by atoms with Gasteiger partial charge in [-0.3, -0.25) is 0 Å². The monoisotopic (exact) mass is 290 g/mol. The van der Waals surface area contributed by atoms with Crippen LogP contribution in [0.3, 0.4) is 0 Å². The largest absolute Gasteiger partial charge is 0.0808 e. The third-order valence-corrected chi connectivity index (χ3v) is 3.87. The Hall–Kier alpha value is 0.380. The van der Waals surface area contributed by atoms with Crippen LogP contribution in [-0.4, -0.2) is 4.32 Å². The van der Waals surface area contributed by atoms with E-state index in [2.05, 4.69) is 6.92 Å². The van der Waals surface area contributed by atoms with E-state index in [1.165, 1.54) is 83.5 Å². The first-order valence-electron chi connectivity index (χ1n) is 7.95. The molecule has 0 saturated carbocycles. The molecule has 0 fully saturated rings. The summed E-state index contributed by atoms with van der Waals surface area (Å²) in [5.74, 6) is 0. The molecule has 18 heavy (non-hydrogen) atoms. The van der Waals surface area contributed by atoms with Crippen LogP contribution in [0.2, 0.25) is 0 Å². The Kier molecular flexibility index (Phi) is 15.8. The van der Waals surface area contributed by atoms with Crippen molar-refractivity contribution >= 4 is 28.1 Å². The van der Waals surface area contributed by atoms with Crippen LogP contribution in [0.15, 0.2) is 0 Å². The molecule has 0 heterocycles. The molecule has 0 nitrogen and oxygen atoms in total. The van der Waals surface area contributed by atoms with Crippen molar-refractivity contribution in [2.75, 3.05) is 0 Å². The highest BCUT2D eigenvalue weighted by Crippen LogP contribution is 2.13. The Morgan fingerprint density at radius 1 is 0.667 bits per heavy atom. The SMILES string of the molecule is CCCCCCCCCCCCCCCC(=S)Cl. The molecule has 2 heteroatoms. The molecule has 0 aromatic carbocycles. The molecule has 0 radical (unpaired) electrons. The first-order chi connectivity index (χ1) is 8.77. The molecule has 0 aliphatic carbocycles. The number of unbranched alkanes of at least 4 members (excludes halogenated alkanes) is 12. The maximum atomic E-state index is 5.65. The summed E-state index contributed by atoms with van der Waals surface area (Å²) in [5.41, 5.74) is 0. The van der Waals surface area contributed by atoms with E-state index in [-0.39, 0.29) is 0 Å². The molecule has 0 aliphatic heterocycles. The van der Waals surface area contributed by atoms with Crippen molar-refractivity contribution < 1.29 is 0 Å². The van der Waals surface area contributed by atoms with Crippen molar-refractivity contribution in [3.8, 4) is 0 Å². The molecule has 0 saturated heterocycles. The second-order valence-electron chi connectivity index (χ2n) is 5.35. The van der Waals surface area contributed by atoms with Gasteiger partial charge in [0.05, 0.1) is 4.32 Å². The van der Waals surface area contributed by atoms with Gasteiger partial charge in [0.2, 0.25) is 0 Å². The van der Waals surface area contributed by atoms with Gasteiger partial charge in [0.15, 0.2) is 0 Å². The Morgan fingerprint density at radius 2 is 1.00 bits per heavy atom. The van der Waals surface area contributed by atoms with Gasteiger partial charge in [-0.05, 0) is 12.8 Å². The lowest BCUT2D eigenvalue weighted by atomic mass is 10.0. The smallest absolute Gasteiger partial charge is 0.0765 e. The second kappa shape index (κ2) is 15.4. The third-order valence-electron chi connectivity index (χ3n) is 3.48. The Morgan fingerprint density at radius 3 is 1.33 bits per heavy atom. The molecule has 0 amide bonds. The minimum Gasteiger partial charge on any atom is -0.0765 e. The molecule has 0 spiro atoms. The summed E-state index contributed by atoms with van der Waals surface area (Å²) in [6.07, 6.45) is 19.0. The van der Waals surface area contributed by atoms with Crippen LogP contribution in [0.5, 0.6) is 0 Å². The second-order valence-corrected chi connectivity index (χ2v) is 6.52. The van der Waals surface area contributed by atoms with Crippen molar-refractivity contribution in [3.05, 3.63) is 0 Å². The normalized spacial score (nSPS) is 10.8. The molecular weight excluding hydrogens is 260 g/mol. The summed E-state index contributed by atoms with van der Waals surface area (Å²) in [4.78, 5) is 0. The zero-order valence-electron chi connectivity index (χ0n) is 12.2. The fourth-order valence-electron chi connectivity index (χ4n) is 2.28. The molecule has 0 aliphatic rings. The minimum atomic E-state index is 0.651. The molecular formula is C16H31ClS. The first-order valence-corrected chi connectivity index (χ1v) is 8.74. The van der Waals surface area contributed by atoms with Gasteiger partial charge in [-0.2, -0.15) is 0 Å². The third kappa shape index (κ3) is 16.4. The maximum Gasteiger partial charge on any atom is 0.0808 e. The van der Waals surface area contributed by atoms with E-state index in [0.717, 1.165) is 6.42 Å². The number of hydrogen-bond acceptors (Lipinski definition) is 1. The molecule has 0 atom stereocenters.